The number of sulfone groups is 1. The number of amides is 1. The second-order valence-electron chi connectivity index (χ2n) is 9.46. The zero-order valence-electron chi connectivity index (χ0n) is 21.3. The van der Waals surface area contributed by atoms with Crippen LogP contribution in [-0.2, 0) is 15.6 Å². The zero-order chi connectivity index (χ0) is 28.8. The number of fused-ring (bicyclic) bond motifs is 1. The van der Waals surface area contributed by atoms with Gasteiger partial charge in [-0.3, -0.25) is 9.89 Å². The monoisotopic (exact) mass is 593 g/mol. The van der Waals surface area contributed by atoms with Crippen molar-refractivity contribution in [1.82, 2.24) is 25.4 Å². The van der Waals surface area contributed by atoms with Crippen LogP contribution in [0.2, 0.25) is 5.02 Å². The van der Waals surface area contributed by atoms with Crippen LogP contribution in [-0.4, -0.2) is 67.7 Å². The third-order valence-corrected chi connectivity index (χ3v) is 8.58. The number of pyridine rings is 1. The number of carbonyl (C=O) groups excluding carboxylic acids is 1. The molecule has 2 aromatic carbocycles. The number of likely N-dealkylation sites (tertiary alicyclic amines) is 1. The maximum absolute atomic E-state index is 15.7. The summed E-state index contributed by atoms with van der Waals surface area (Å²) < 4.78 is 77.4. The summed E-state index contributed by atoms with van der Waals surface area (Å²) in [7, 11) is -1.13. The van der Waals surface area contributed by atoms with Crippen molar-refractivity contribution in [3.63, 3.8) is 0 Å². The van der Waals surface area contributed by atoms with Crippen LogP contribution < -0.4 is 10.1 Å². The number of H-pyrrole nitrogens is 1. The van der Waals surface area contributed by atoms with E-state index < -0.39 is 55.6 Å². The number of nitrogens with zero attached hydrogens (tertiary/aromatic N) is 3. The molecule has 0 aliphatic carbocycles. The van der Waals surface area contributed by atoms with Gasteiger partial charge >= 0.3 is 0 Å². The fourth-order valence-electron chi connectivity index (χ4n) is 4.74. The molecule has 1 aliphatic heterocycles. The minimum absolute atomic E-state index is 0.0117. The molecule has 2 N–H and O–H groups in total. The molecule has 1 aliphatic rings. The van der Waals surface area contributed by atoms with E-state index in [9.17, 15) is 17.6 Å². The smallest absolute Gasteiger partial charge is 0.270 e. The van der Waals surface area contributed by atoms with Crippen LogP contribution in [0.1, 0.15) is 22.5 Å². The highest BCUT2D eigenvalue weighted by atomic mass is 35.5. The Balaban J connectivity index is 1.50. The Kier molecular flexibility index (Phi) is 7.46. The number of hydrogen-bond acceptors (Lipinski definition) is 7. The number of aromatic nitrogens is 3. The highest BCUT2D eigenvalue weighted by molar-refractivity contribution is 7.90. The van der Waals surface area contributed by atoms with Crippen LogP contribution in [0, 0.1) is 17.5 Å². The first kappa shape index (κ1) is 27.9. The molecule has 0 unspecified atom stereocenters. The van der Waals surface area contributed by atoms with Crippen molar-refractivity contribution in [2.45, 2.75) is 23.1 Å². The van der Waals surface area contributed by atoms with Gasteiger partial charge in [0.2, 0.25) is 5.88 Å². The van der Waals surface area contributed by atoms with Gasteiger partial charge in [0.1, 0.15) is 27.7 Å². The molecule has 1 saturated heterocycles. The number of hydrogen-bond donors (Lipinski definition) is 2. The Hall–Kier alpha value is -3.68. The minimum Gasteiger partial charge on any atom is -0.480 e. The first-order valence-corrected chi connectivity index (χ1v) is 14.1. The number of ether oxygens (including phenoxy) is 1. The van der Waals surface area contributed by atoms with E-state index in [4.69, 9.17) is 16.3 Å². The first-order valence-electron chi connectivity index (χ1n) is 12.1. The fraction of sp³-hybridized carbons (Fsp3) is 0.269. The van der Waals surface area contributed by atoms with Gasteiger partial charge in [0, 0.05) is 35.3 Å². The van der Waals surface area contributed by atoms with E-state index in [2.05, 4.69) is 25.4 Å². The first-order chi connectivity index (χ1) is 19.0. The lowest BCUT2D eigenvalue weighted by molar-refractivity contribution is 0.0935. The summed E-state index contributed by atoms with van der Waals surface area (Å²) in [6.45, 7) is 1.50. The Labute approximate surface area is 232 Å². The molecule has 0 spiro atoms. The molecule has 9 nitrogen and oxygen atoms in total. The highest BCUT2D eigenvalue weighted by Crippen LogP contribution is 2.35. The van der Waals surface area contributed by atoms with Gasteiger partial charge in [0.25, 0.3) is 5.91 Å². The molecule has 1 atom stereocenters. The number of rotatable bonds is 7. The number of nitrogens with one attached hydrogen (secondary N) is 2. The van der Waals surface area contributed by atoms with Gasteiger partial charge in [0.05, 0.1) is 23.4 Å². The molecule has 1 amide bonds. The van der Waals surface area contributed by atoms with E-state index in [0.29, 0.717) is 6.54 Å². The predicted octanol–water partition coefficient (Wildman–Crippen LogP) is 4.11. The van der Waals surface area contributed by atoms with E-state index in [0.717, 1.165) is 37.2 Å². The van der Waals surface area contributed by atoms with Crippen LogP contribution in [0.15, 0.2) is 41.4 Å². The van der Waals surface area contributed by atoms with Gasteiger partial charge in [0.15, 0.2) is 15.7 Å². The maximum atomic E-state index is 15.7. The molecule has 210 valence electrons. The summed E-state index contributed by atoms with van der Waals surface area (Å²) in [5, 5.41) is 9.40. The largest absolute Gasteiger partial charge is 0.480 e. The van der Waals surface area contributed by atoms with Crippen molar-refractivity contribution < 1.29 is 31.1 Å². The predicted molar refractivity (Wildman–Crippen MR) is 141 cm³/mol. The van der Waals surface area contributed by atoms with Crippen LogP contribution in [0.25, 0.3) is 22.0 Å². The summed E-state index contributed by atoms with van der Waals surface area (Å²) in [5.41, 5.74) is -1.95. The Bertz CT molecular complexity index is 1750. The second-order valence-corrected chi connectivity index (χ2v) is 11.9. The van der Waals surface area contributed by atoms with Gasteiger partial charge in [-0.1, -0.05) is 23.7 Å². The van der Waals surface area contributed by atoms with Crippen LogP contribution >= 0.6 is 11.6 Å². The van der Waals surface area contributed by atoms with Crippen molar-refractivity contribution in [2.24, 2.45) is 0 Å². The van der Waals surface area contributed by atoms with Gasteiger partial charge in [-0.15, -0.1) is 0 Å². The van der Waals surface area contributed by atoms with E-state index in [1.54, 1.807) is 0 Å². The minimum atomic E-state index is -4.27. The normalized spacial score (nSPS) is 16.0. The Morgan fingerprint density at radius 3 is 2.70 bits per heavy atom. The van der Waals surface area contributed by atoms with Crippen molar-refractivity contribution in [2.75, 3.05) is 27.2 Å². The number of aromatic amines is 1. The lowest BCUT2D eigenvalue weighted by Crippen LogP contribution is -2.36. The average Bonchev–Trinajstić information content (AvgIpc) is 3.53. The fourth-order valence-corrected chi connectivity index (χ4v) is 6.46. The lowest BCUT2D eigenvalue weighted by atomic mass is 9.99. The molecule has 0 bridgehead atoms. The summed E-state index contributed by atoms with van der Waals surface area (Å²) in [5.74, 6) is -5.09. The Morgan fingerprint density at radius 1 is 1.23 bits per heavy atom. The zero-order valence-corrected chi connectivity index (χ0v) is 22.8. The molecule has 2 aromatic heterocycles. The number of carbonyl (C=O) groups is 1. The van der Waals surface area contributed by atoms with E-state index in [1.165, 1.54) is 19.4 Å². The molecular formula is C26H23ClF3N5O4S. The standard InChI is InChI=1S/C26H23ClF3N5O4S/c1-35-8-7-15(11-35)32-25(36)24-17-5-4-16(22(30)23(17)33-34-24)20-18(28)6-3-13(21(20)29)12-40(37,38)19-9-14(27)10-31-26(19)39-2/h3-6,9-10,15H,7-8,11-12H2,1-2H3,(H,32,36)(H,33,34)/t15-/m0/s1. The lowest BCUT2D eigenvalue weighted by Gasteiger charge is -2.13. The molecular weight excluding hydrogens is 571 g/mol. The molecule has 14 heteroatoms. The third-order valence-electron chi connectivity index (χ3n) is 6.72. The SMILES string of the molecule is COc1ncc(Cl)cc1S(=O)(=O)Cc1ccc(F)c(-c2ccc3c(C(=O)N[C@H]4CCN(C)C4)[nH]nc3c2F)c1F. The molecule has 5 rings (SSSR count). The summed E-state index contributed by atoms with van der Waals surface area (Å²) >= 11 is 5.89. The highest BCUT2D eigenvalue weighted by Gasteiger charge is 2.28. The van der Waals surface area contributed by atoms with E-state index in [1.807, 2.05) is 7.05 Å². The molecule has 1 fully saturated rings. The van der Waals surface area contributed by atoms with Crippen molar-refractivity contribution >= 4 is 38.2 Å². The van der Waals surface area contributed by atoms with Gasteiger partial charge < -0.3 is 15.0 Å². The Morgan fingerprint density at radius 2 is 2.00 bits per heavy atom. The second kappa shape index (κ2) is 10.7. The molecule has 40 heavy (non-hydrogen) atoms. The number of benzene rings is 2. The topological polar surface area (TPSA) is 117 Å². The van der Waals surface area contributed by atoms with Crippen molar-refractivity contribution in [3.05, 3.63) is 70.3 Å². The average molecular weight is 594 g/mol. The number of likely N-dealkylation sites (N-methyl/N-ethyl adjacent to an activating group) is 1. The number of methoxy groups -OCH3 is 1. The quantitative estimate of drug-likeness (QED) is 0.331. The van der Waals surface area contributed by atoms with Gasteiger partial charge in [-0.25, -0.2) is 26.6 Å². The van der Waals surface area contributed by atoms with E-state index in [-0.39, 0.29) is 38.4 Å². The van der Waals surface area contributed by atoms with Crippen LogP contribution in [0.5, 0.6) is 5.88 Å². The third kappa shape index (κ3) is 5.11. The molecule has 4 aromatic rings. The summed E-state index contributed by atoms with van der Waals surface area (Å²) in [4.78, 5) is 18.3. The molecule has 0 saturated carbocycles. The van der Waals surface area contributed by atoms with Crippen LogP contribution in [0.3, 0.4) is 0 Å². The molecule has 3 heterocycles. The summed E-state index contributed by atoms with van der Waals surface area (Å²) in [6, 6.07) is 5.29. The maximum Gasteiger partial charge on any atom is 0.270 e. The molecule has 0 radical (unpaired) electrons. The van der Waals surface area contributed by atoms with Gasteiger partial charge in [-0.05, 0) is 38.2 Å². The number of halogens is 4. The van der Waals surface area contributed by atoms with Crippen LogP contribution in [0.4, 0.5) is 13.2 Å². The van der Waals surface area contributed by atoms with E-state index >= 15 is 8.78 Å². The van der Waals surface area contributed by atoms with Crippen molar-refractivity contribution in [1.29, 1.82) is 0 Å². The summed E-state index contributed by atoms with van der Waals surface area (Å²) in [6.07, 6.45) is 1.95. The van der Waals surface area contributed by atoms with Gasteiger partial charge in [-0.2, -0.15) is 5.10 Å². The van der Waals surface area contributed by atoms with Crippen molar-refractivity contribution in [3.8, 4) is 17.0 Å².